The maximum Gasteiger partial charge on any atom is 0.251 e. The van der Waals surface area contributed by atoms with Crippen LogP contribution in [0.15, 0.2) is 29.4 Å². The Labute approximate surface area is 178 Å². The molecule has 0 saturated carbocycles. The SMILES string of the molecule is CCNC(=NCCc1c[nH]c2cccc(C)c12)N1CCN(C(=O)C2CCCO2)CC1. The smallest absolute Gasteiger partial charge is 0.251 e. The first-order valence-electron chi connectivity index (χ1n) is 11.2. The van der Waals surface area contributed by atoms with E-state index in [9.17, 15) is 4.79 Å². The number of aromatic nitrogens is 1. The summed E-state index contributed by atoms with van der Waals surface area (Å²) >= 11 is 0. The molecule has 2 N–H and O–H groups in total. The van der Waals surface area contributed by atoms with E-state index in [-0.39, 0.29) is 12.0 Å². The Balaban J connectivity index is 1.35. The number of nitrogens with zero attached hydrogens (tertiary/aromatic N) is 3. The average molecular weight is 412 g/mol. The number of fused-ring (bicyclic) bond motifs is 1. The Hall–Kier alpha value is -2.54. The summed E-state index contributed by atoms with van der Waals surface area (Å²) in [5, 5.41) is 4.74. The van der Waals surface area contributed by atoms with Crippen LogP contribution in [0.2, 0.25) is 0 Å². The Kier molecular flexibility index (Phi) is 6.57. The zero-order valence-electron chi connectivity index (χ0n) is 18.1. The van der Waals surface area contributed by atoms with Crippen LogP contribution < -0.4 is 5.32 Å². The molecule has 2 fully saturated rings. The summed E-state index contributed by atoms with van der Waals surface area (Å²) in [6.45, 7) is 9.59. The summed E-state index contributed by atoms with van der Waals surface area (Å²) in [5.41, 5.74) is 3.80. The van der Waals surface area contributed by atoms with Crippen molar-refractivity contribution in [1.29, 1.82) is 0 Å². The number of benzene rings is 1. The van der Waals surface area contributed by atoms with Crippen molar-refractivity contribution < 1.29 is 9.53 Å². The fourth-order valence-corrected chi connectivity index (χ4v) is 4.47. The van der Waals surface area contributed by atoms with Gasteiger partial charge in [-0.05, 0) is 50.3 Å². The van der Waals surface area contributed by atoms with E-state index in [4.69, 9.17) is 9.73 Å². The molecule has 1 aromatic carbocycles. The largest absolute Gasteiger partial charge is 0.368 e. The highest BCUT2D eigenvalue weighted by molar-refractivity contribution is 5.86. The molecular weight excluding hydrogens is 378 g/mol. The number of carbonyl (C=O) groups excluding carboxylic acids is 1. The van der Waals surface area contributed by atoms with E-state index in [0.29, 0.717) is 6.61 Å². The Morgan fingerprint density at radius 1 is 1.27 bits per heavy atom. The lowest BCUT2D eigenvalue weighted by molar-refractivity contribution is -0.142. The van der Waals surface area contributed by atoms with Crippen LogP contribution in [0.3, 0.4) is 0 Å². The molecule has 1 amide bonds. The molecule has 30 heavy (non-hydrogen) atoms. The van der Waals surface area contributed by atoms with Crippen molar-refractivity contribution in [3.63, 3.8) is 0 Å². The van der Waals surface area contributed by atoms with E-state index < -0.39 is 0 Å². The molecule has 162 valence electrons. The minimum atomic E-state index is -0.224. The molecule has 4 rings (SSSR count). The highest BCUT2D eigenvalue weighted by atomic mass is 16.5. The molecule has 0 bridgehead atoms. The lowest BCUT2D eigenvalue weighted by Crippen LogP contribution is -2.55. The zero-order chi connectivity index (χ0) is 20.9. The van der Waals surface area contributed by atoms with Crippen LogP contribution in [0, 0.1) is 6.92 Å². The number of H-pyrrole nitrogens is 1. The Morgan fingerprint density at radius 2 is 2.07 bits per heavy atom. The lowest BCUT2D eigenvalue weighted by Gasteiger charge is -2.37. The molecule has 2 aromatic rings. The van der Waals surface area contributed by atoms with E-state index in [1.165, 1.54) is 22.0 Å². The number of guanidine groups is 1. The van der Waals surface area contributed by atoms with Gasteiger partial charge in [0.2, 0.25) is 0 Å². The molecule has 1 aromatic heterocycles. The predicted octanol–water partition coefficient (Wildman–Crippen LogP) is 2.31. The van der Waals surface area contributed by atoms with Gasteiger partial charge in [-0.1, -0.05) is 12.1 Å². The molecule has 1 atom stereocenters. The van der Waals surface area contributed by atoms with Crippen LogP contribution in [-0.2, 0) is 16.0 Å². The van der Waals surface area contributed by atoms with Crippen molar-refractivity contribution in [3.8, 4) is 0 Å². The number of aliphatic imine (C=N–C) groups is 1. The number of hydrogen-bond acceptors (Lipinski definition) is 3. The minimum Gasteiger partial charge on any atom is -0.368 e. The van der Waals surface area contributed by atoms with Gasteiger partial charge in [0.25, 0.3) is 5.91 Å². The summed E-state index contributed by atoms with van der Waals surface area (Å²) in [4.78, 5) is 25.0. The average Bonchev–Trinajstić information content (AvgIpc) is 3.44. The summed E-state index contributed by atoms with van der Waals surface area (Å²) in [6.07, 6.45) is 4.63. The lowest BCUT2D eigenvalue weighted by atomic mass is 10.1. The number of piperazine rings is 1. The fraction of sp³-hybridized carbons (Fsp3) is 0.565. The van der Waals surface area contributed by atoms with Crippen molar-refractivity contribution in [2.45, 2.75) is 39.2 Å². The highest BCUT2D eigenvalue weighted by Gasteiger charge is 2.30. The molecule has 1 unspecified atom stereocenters. The van der Waals surface area contributed by atoms with E-state index in [0.717, 1.165) is 64.5 Å². The molecule has 0 spiro atoms. The van der Waals surface area contributed by atoms with Gasteiger partial charge in [-0.2, -0.15) is 0 Å². The predicted molar refractivity (Wildman–Crippen MR) is 120 cm³/mol. The molecule has 0 aliphatic carbocycles. The number of amides is 1. The van der Waals surface area contributed by atoms with Gasteiger partial charge in [-0.15, -0.1) is 0 Å². The first-order chi connectivity index (χ1) is 14.7. The highest BCUT2D eigenvalue weighted by Crippen LogP contribution is 2.22. The van der Waals surface area contributed by atoms with Gasteiger partial charge in [0.05, 0.1) is 0 Å². The number of ether oxygens (including phenoxy) is 1. The second-order valence-corrected chi connectivity index (χ2v) is 8.11. The van der Waals surface area contributed by atoms with Crippen molar-refractivity contribution in [2.75, 3.05) is 45.9 Å². The first-order valence-corrected chi connectivity index (χ1v) is 11.2. The number of hydrogen-bond donors (Lipinski definition) is 2. The van der Waals surface area contributed by atoms with Gasteiger partial charge in [0, 0.05) is 63.0 Å². The molecule has 0 radical (unpaired) electrons. The molecule has 2 aliphatic rings. The van der Waals surface area contributed by atoms with Gasteiger partial charge in [-0.25, -0.2) is 0 Å². The molecule has 2 aliphatic heterocycles. The maximum atomic E-state index is 12.6. The first kappa shape index (κ1) is 20.7. The Morgan fingerprint density at radius 3 is 2.80 bits per heavy atom. The van der Waals surface area contributed by atoms with E-state index >= 15 is 0 Å². The third kappa shape index (κ3) is 4.46. The zero-order valence-corrected chi connectivity index (χ0v) is 18.1. The van der Waals surface area contributed by atoms with E-state index in [1.807, 2.05) is 4.90 Å². The van der Waals surface area contributed by atoms with Crippen LogP contribution >= 0.6 is 0 Å². The van der Waals surface area contributed by atoms with Crippen LogP contribution in [-0.4, -0.2) is 78.6 Å². The number of aryl methyl sites for hydroxylation is 1. The Bertz CT molecular complexity index is 892. The molecule has 2 saturated heterocycles. The van der Waals surface area contributed by atoms with Gasteiger partial charge in [0.1, 0.15) is 6.10 Å². The van der Waals surface area contributed by atoms with E-state index in [2.05, 4.69) is 53.4 Å². The van der Waals surface area contributed by atoms with Crippen LogP contribution in [0.4, 0.5) is 0 Å². The number of rotatable bonds is 5. The van der Waals surface area contributed by atoms with Crippen LogP contribution in [0.25, 0.3) is 10.9 Å². The van der Waals surface area contributed by atoms with Crippen LogP contribution in [0.5, 0.6) is 0 Å². The monoisotopic (exact) mass is 411 g/mol. The standard InChI is InChI=1S/C23H33N5O2/c1-3-24-23(25-10-9-18-16-26-19-7-4-6-17(2)21(18)19)28-13-11-27(12-14-28)22(29)20-8-5-15-30-20/h4,6-7,16,20,26H,3,5,8-15H2,1-2H3,(H,24,25). The maximum absolute atomic E-state index is 12.6. The second kappa shape index (κ2) is 9.51. The van der Waals surface area contributed by atoms with Crippen LogP contribution in [0.1, 0.15) is 30.9 Å². The molecule has 3 heterocycles. The van der Waals surface area contributed by atoms with Gasteiger partial charge >= 0.3 is 0 Å². The molecule has 7 heteroatoms. The normalized spacial score (nSPS) is 20.2. The van der Waals surface area contributed by atoms with Gasteiger partial charge in [0.15, 0.2) is 5.96 Å². The summed E-state index contributed by atoms with van der Waals surface area (Å²) in [5.74, 6) is 1.10. The third-order valence-electron chi connectivity index (χ3n) is 6.07. The minimum absolute atomic E-state index is 0.156. The summed E-state index contributed by atoms with van der Waals surface area (Å²) < 4.78 is 5.56. The van der Waals surface area contributed by atoms with Gasteiger partial charge < -0.3 is 24.8 Å². The van der Waals surface area contributed by atoms with Crippen molar-refractivity contribution >= 4 is 22.8 Å². The molecule has 7 nitrogen and oxygen atoms in total. The number of carbonyl (C=O) groups is 1. The van der Waals surface area contributed by atoms with Gasteiger partial charge in [-0.3, -0.25) is 9.79 Å². The number of aromatic amines is 1. The quantitative estimate of drug-likeness (QED) is 0.585. The topological polar surface area (TPSA) is 73.0 Å². The third-order valence-corrected chi connectivity index (χ3v) is 6.07. The number of nitrogens with one attached hydrogen (secondary N) is 2. The second-order valence-electron chi connectivity index (χ2n) is 8.11. The van der Waals surface area contributed by atoms with Crippen molar-refractivity contribution in [2.24, 2.45) is 4.99 Å². The fourth-order valence-electron chi connectivity index (χ4n) is 4.47. The van der Waals surface area contributed by atoms with Crippen molar-refractivity contribution in [3.05, 3.63) is 35.5 Å². The van der Waals surface area contributed by atoms with E-state index in [1.54, 1.807) is 0 Å². The molecular formula is C23H33N5O2. The van der Waals surface area contributed by atoms with Crippen molar-refractivity contribution in [1.82, 2.24) is 20.1 Å². The summed E-state index contributed by atoms with van der Waals surface area (Å²) in [7, 11) is 0. The summed E-state index contributed by atoms with van der Waals surface area (Å²) in [6, 6.07) is 6.36.